The van der Waals surface area contributed by atoms with E-state index in [1.165, 1.54) is 0 Å². The first-order valence-corrected chi connectivity index (χ1v) is 10.1. The number of para-hydroxylation sites is 1. The van der Waals surface area contributed by atoms with Gasteiger partial charge in [0.05, 0.1) is 40.3 Å². The molecule has 29 heavy (non-hydrogen) atoms. The zero-order valence-corrected chi connectivity index (χ0v) is 16.8. The van der Waals surface area contributed by atoms with Gasteiger partial charge in [-0.1, -0.05) is 17.3 Å². The van der Waals surface area contributed by atoms with Crippen LogP contribution < -0.4 is 4.74 Å². The average molecular weight is 406 g/mol. The van der Waals surface area contributed by atoms with Crippen molar-refractivity contribution < 1.29 is 14.1 Å². The summed E-state index contributed by atoms with van der Waals surface area (Å²) in [6, 6.07) is 11.7. The number of thiazole rings is 1. The van der Waals surface area contributed by atoms with Crippen molar-refractivity contribution in [3.05, 3.63) is 58.6 Å². The van der Waals surface area contributed by atoms with E-state index in [9.17, 15) is 4.79 Å². The zero-order valence-electron chi connectivity index (χ0n) is 16.0. The predicted molar refractivity (Wildman–Crippen MR) is 109 cm³/mol. The van der Waals surface area contributed by atoms with E-state index >= 15 is 0 Å². The van der Waals surface area contributed by atoms with Crippen LogP contribution in [0.3, 0.4) is 0 Å². The highest BCUT2D eigenvalue weighted by Gasteiger charge is 2.25. The number of nitrogens with zero attached hydrogens (tertiary/aromatic N) is 4. The molecule has 4 aromatic rings. The fourth-order valence-electron chi connectivity index (χ4n) is 3.52. The highest BCUT2D eigenvalue weighted by atomic mass is 32.1. The summed E-state index contributed by atoms with van der Waals surface area (Å²) in [5, 5.41) is 4.90. The van der Waals surface area contributed by atoms with Crippen molar-refractivity contribution in [1.82, 2.24) is 20.0 Å². The molecule has 1 amide bonds. The molecular formula is C21H18N4O3S. The van der Waals surface area contributed by atoms with Gasteiger partial charge in [0.1, 0.15) is 22.2 Å². The Kier molecular flexibility index (Phi) is 4.28. The van der Waals surface area contributed by atoms with Gasteiger partial charge in [-0.15, -0.1) is 11.3 Å². The van der Waals surface area contributed by atoms with Crippen molar-refractivity contribution in [1.29, 1.82) is 0 Å². The van der Waals surface area contributed by atoms with Gasteiger partial charge in [0.2, 0.25) is 0 Å². The predicted octanol–water partition coefficient (Wildman–Crippen LogP) is 3.88. The topological polar surface area (TPSA) is 81.4 Å². The minimum atomic E-state index is -0.0823. The lowest BCUT2D eigenvalue weighted by Gasteiger charge is -2.18. The molecule has 0 saturated heterocycles. The van der Waals surface area contributed by atoms with Gasteiger partial charge in [0, 0.05) is 0 Å². The fraction of sp³-hybridized carbons (Fsp3) is 0.238. The first-order valence-electron chi connectivity index (χ1n) is 9.26. The van der Waals surface area contributed by atoms with Crippen LogP contribution in [0, 0.1) is 13.8 Å². The van der Waals surface area contributed by atoms with E-state index in [1.54, 1.807) is 16.2 Å². The Bertz CT molecular complexity index is 1180. The zero-order chi connectivity index (χ0) is 20.0. The number of pyridine rings is 1. The van der Waals surface area contributed by atoms with Crippen molar-refractivity contribution in [3.8, 4) is 17.0 Å². The van der Waals surface area contributed by atoms with Gasteiger partial charge < -0.3 is 14.2 Å². The molecule has 0 bridgehead atoms. The van der Waals surface area contributed by atoms with E-state index in [4.69, 9.17) is 14.2 Å². The van der Waals surface area contributed by atoms with Crippen LogP contribution >= 0.6 is 11.3 Å². The largest absolute Gasteiger partial charge is 0.482 e. The highest BCUT2D eigenvalue weighted by Crippen LogP contribution is 2.31. The summed E-state index contributed by atoms with van der Waals surface area (Å²) in [7, 11) is 0. The van der Waals surface area contributed by atoms with Gasteiger partial charge in [-0.2, -0.15) is 0 Å². The Morgan fingerprint density at radius 3 is 2.79 bits per heavy atom. The summed E-state index contributed by atoms with van der Waals surface area (Å²) in [6.45, 7) is 4.53. The van der Waals surface area contributed by atoms with E-state index in [2.05, 4.69) is 10.1 Å². The van der Waals surface area contributed by atoms with Gasteiger partial charge in [0.15, 0.2) is 6.61 Å². The number of carbonyl (C=O) groups is 1. The molecule has 146 valence electrons. The van der Waals surface area contributed by atoms with E-state index in [1.807, 2.05) is 50.2 Å². The molecule has 1 aliphatic rings. The molecule has 5 rings (SSSR count). The third kappa shape index (κ3) is 3.25. The van der Waals surface area contributed by atoms with Crippen molar-refractivity contribution in [3.63, 3.8) is 0 Å². The third-order valence-electron chi connectivity index (χ3n) is 4.93. The second kappa shape index (κ2) is 6.97. The number of carbonyl (C=O) groups excluding carboxylic acids is 1. The molecule has 0 aliphatic carbocycles. The van der Waals surface area contributed by atoms with Crippen molar-refractivity contribution >= 4 is 27.5 Å². The Labute approximate surface area is 170 Å². The maximum Gasteiger partial charge on any atom is 0.261 e. The summed E-state index contributed by atoms with van der Waals surface area (Å²) in [5.74, 6) is 1.26. The first kappa shape index (κ1) is 17.8. The fourth-order valence-corrected chi connectivity index (χ4v) is 4.50. The number of hydrogen-bond donors (Lipinski definition) is 0. The molecule has 0 saturated carbocycles. The lowest BCUT2D eigenvalue weighted by molar-refractivity contribution is -0.133. The molecule has 4 heterocycles. The van der Waals surface area contributed by atoms with Crippen molar-refractivity contribution in [2.24, 2.45) is 0 Å². The van der Waals surface area contributed by atoms with E-state index in [0.717, 1.165) is 37.9 Å². The molecule has 1 aromatic carbocycles. The van der Waals surface area contributed by atoms with Crippen LogP contribution in [0.4, 0.5) is 0 Å². The van der Waals surface area contributed by atoms with Crippen LogP contribution in [0.2, 0.25) is 0 Å². The van der Waals surface area contributed by atoms with Crippen LogP contribution in [-0.2, 0) is 17.9 Å². The van der Waals surface area contributed by atoms with E-state index < -0.39 is 0 Å². The Morgan fingerprint density at radius 1 is 1.14 bits per heavy atom. The second-order valence-electron chi connectivity index (χ2n) is 6.95. The Balaban J connectivity index is 1.47. The van der Waals surface area contributed by atoms with Gasteiger partial charge >= 0.3 is 0 Å². The number of rotatable bonds is 3. The summed E-state index contributed by atoms with van der Waals surface area (Å²) >= 11 is 1.60. The smallest absolute Gasteiger partial charge is 0.261 e. The average Bonchev–Trinajstić information content (AvgIpc) is 3.23. The molecule has 1 aliphatic heterocycles. The summed E-state index contributed by atoms with van der Waals surface area (Å²) in [6.07, 6.45) is 0. The number of ether oxygens (including phenoxy) is 1. The molecule has 3 aromatic heterocycles. The number of fused-ring (bicyclic) bond motifs is 2. The lowest BCUT2D eigenvalue weighted by atomic mass is 10.1. The van der Waals surface area contributed by atoms with Crippen LogP contribution in [0.15, 0.2) is 40.9 Å². The van der Waals surface area contributed by atoms with Crippen molar-refractivity contribution in [2.45, 2.75) is 26.9 Å². The standard InChI is InChI=1S/C21H18N4O3S/c1-12-21(13(2)28-24-12)15-7-8-17-16(22-15)9-25(20(26)11-27-17)10-19-23-14-5-3-4-6-18(14)29-19/h3-8H,9-11H2,1-2H3. The highest BCUT2D eigenvalue weighted by molar-refractivity contribution is 7.18. The summed E-state index contributed by atoms with van der Waals surface area (Å²) in [4.78, 5) is 23.8. The van der Waals surface area contributed by atoms with Crippen LogP contribution in [0.25, 0.3) is 21.5 Å². The molecular weight excluding hydrogens is 388 g/mol. The molecule has 0 N–H and O–H groups in total. The Morgan fingerprint density at radius 2 is 2.00 bits per heavy atom. The number of amides is 1. The number of aromatic nitrogens is 3. The molecule has 8 heteroatoms. The first-order chi connectivity index (χ1) is 14.1. The number of hydrogen-bond acceptors (Lipinski definition) is 7. The third-order valence-corrected chi connectivity index (χ3v) is 5.95. The maximum atomic E-state index is 12.6. The van der Waals surface area contributed by atoms with Gasteiger partial charge in [-0.3, -0.25) is 4.79 Å². The molecule has 0 fully saturated rings. The van der Waals surface area contributed by atoms with E-state index in [0.29, 0.717) is 24.6 Å². The quantitative estimate of drug-likeness (QED) is 0.514. The molecule has 0 atom stereocenters. The molecule has 0 radical (unpaired) electrons. The van der Waals surface area contributed by atoms with E-state index in [-0.39, 0.29) is 12.5 Å². The maximum absolute atomic E-state index is 12.6. The minimum absolute atomic E-state index is 0.00968. The summed E-state index contributed by atoms with van der Waals surface area (Å²) in [5.41, 5.74) is 4.09. The molecule has 7 nitrogen and oxygen atoms in total. The van der Waals surface area contributed by atoms with Crippen LogP contribution in [0.1, 0.15) is 22.2 Å². The summed E-state index contributed by atoms with van der Waals surface area (Å²) < 4.78 is 12.1. The second-order valence-corrected chi connectivity index (χ2v) is 8.07. The van der Waals surface area contributed by atoms with Gasteiger partial charge in [-0.25, -0.2) is 9.97 Å². The number of benzene rings is 1. The Hall–Kier alpha value is -3.26. The SMILES string of the molecule is Cc1noc(C)c1-c1ccc2c(n1)CN(Cc1nc3ccccc3s1)C(=O)CO2. The van der Waals surface area contributed by atoms with Crippen LogP contribution in [-0.4, -0.2) is 32.5 Å². The van der Waals surface area contributed by atoms with Gasteiger partial charge in [0.25, 0.3) is 5.91 Å². The molecule has 0 unspecified atom stereocenters. The minimum Gasteiger partial charge on any atom is -0.482 e. The monoisotopic (exact) mass is 406 g/mol. The molecule has 0 spiro atoms. The lowest BCUT2D eigenvalue weighted by Crippen LogP contribution is -2.32. The van der Waals surface area contributed by atoms with Gasteiger partial charge in [-0.05, 0) is 38.1 Å². The normalized spacial score (nSPS) is 14.0. The number of aryl methyl sites for hydroxylation is 2. The van der Waals surface area contributed by atoms with Crippen molar-refractivity contribution in [2.75, 3.05) is 6.61 Å². The van der Waals surface area contributed by atoms with Crippen LogP contribution in [0.5, 0.6) is 5.75 Å².